The van der Waals surface area contributed by atoms with Gasteiger partial charge in [-0.2, -0.15) is 5.10 Å². The molecule has 0 radical (unpaired) electrons. The Labute approximate surface area is 125 Å². The van der Waals surface area contributed by atoms with Crippen molar-refractivity contribution < 1.29 is 0 Å². The van der Waals surface area contributed by atoms with E-state index in [1.54, 1.807) is 0 Å². The van der Waals surface area contributed by atoms with Crippen molar-refractivity contribution in [1.29, 1.82) is 0 Å². The van der Waals surface area contributed by atoms with Gasteiger partial charge in [-0.05, 0) is 62.0 Å². The van der Waals surface area contributed by atoms with E-state index in [0.717, 1.165) is 6.54 Å². The Balaban J connectivity index is 2.10. The van der Waals surface area contributed by atoms with Crippen LogP contribution >= 0.6 is 15.9 Å². The third-order valence-corrected chi connectivity index (χ3v) is 4.63. The van der Waals surface area contributed by atoms with Gasteiger partial charge in [0, 0.05) is 18.0 Å². The van der Waals surface area contributed by atoms with Gasteiger partial charge >= 0.3 is 0 Å². The van der Waals surface area contributed by atoms with Gasteiger partial charge in [0.05, 0.1) is 16.4 Å². The van der Waals surface area contributed by atoms with Crippen LogP contribution in [0.4, 0.5) is 0 Å². The van der Waals surface area contributed by atoms with Crippen LogP contribution in [0.25, 0.3) is 0 Å². The lowest BCUT2D eigenvalue weighted by Crippen LogP contribution is -2.34. The lowest BCUT2D eigenvalue weighted by molar-refractivity contribution is 0.324. The normalized spacial score (nSPS) is 24.1. The molecule has 1 aliphatic rings. The Bertz CT molecular complexity index is 400. The molecular formula is C15H26BrN3. The zero-order valence-electron chi connectivity index (χ0n) is 12.3. The Kier molecular flexibility index (Phi) is 5.46. The van der Waals surface area contributed by atoms with E-state index in [4.69, 9.17) is 0 Å². The molecule has 0 aliphatic heterocycles. The number of aromatic nitrogens is 2. The molecule has 4 heteroatoms. The first kappa shape index (κ1) is 15.0. The van der Waals surface area contributed by atoms with E-state index in [1.165, 1.54) is 42.3 Å². The molecule has 0 aromatic carbocycles. The SMILES string of the molecule is CCCNC1CCCC(c2c(Br)cnn2C(C)C)C1. The second-order valence-corrected chi connectivity index (χ2v) is 6.78. The molecule has 1 heterocycles. The van der Waals surface area contributed by atoms with Crippen molar-refractivity contribution in [3.8, 4) is 0 Å². The van der Waals surface area contributed by atoms with Crippen molar-refractivity contribution >= 4 is 15.9 Å². The van der Waals surface area contributed by atoms with E-state index in [1.807, 2.05) is 6.20 Å². The predicted molar refractivity (Wildman–Crippen MR) is 83.6 cm³/mol. The summed E-state index contributed by atoms with van der Waals surface area (Å²) < 4.78 is 3.37. The van der Waals surface area contributed by atoms with Gasteiger partial charge in [0.2, 0.25) is 0 Å². The Morgan fingerprint density at radius 2 is 2.26 bits per heavy atom. The molecule has 1 fully saturated rings. The lowest BCUT2D eigenvalue weighted by Gasteiger charge is -2.31. The summed E-state index contributed by atoms with van der Waals surface area (Å²) in [6.07, 6.45) is 8.36. The van der Waals surface area contributed by atoms with Gasteiger partial charge in [0.1, 0.15) is 0 Å². The molecule has 19 heavy (non-hydrogen) atoms. The minimum Gasteiger partial charge on any atom is -0.314 e. The number of halogens is 1. The zero-order chi connectivity index (χ0) is 13.8. The van der Waals surface area contributed by atoms with Crippen LogP contribution in [0.5, 0.6) is 0 Å². The fraction of sp³-hybridized carbons (Fsp3) is 0.800. The summed E-state index contributed by atoms with van der Waals surface area (Å²) in [5.74, 6) is 0.641. The first-order valence-electron chi connectivity index (χ1n) is 7.59. The monoisotopic (exact) mass is 327 g/mol. The van der Waals surface area contributed by atoms with Crippen LogP contribution in [-0.4, -0.2) is 22.4 Å². The third-order valence-electron chi connectivity index (χ3n) is 4.02. The van der Waals surface area contributed by atoms with E-state index < -0.39 is 0 Å². The topological polar surface area (TPSA) is 29.9 Å². The molecule has 3 nitrogen and oxygen atoms in total. The molecule has 2 atom stereocenters. The summed E-state index contributed by atoms with van der Waals surface area (Å²) >= 11 is 3.69. The molecule has 0 bridgehead atoms. The third kappa shape index (κ3) is 3.60. The highest BCUT2D eigenvalue weighted by Gasteiger charge is 2.27. The fourth-order valence-electron chi connectivity index (χ4n) is 3.12. The minimum absolute atomic E-state index is 0.435. The summed E-state index contributed by atoms with van der Waals surface area (Å²) in [5, 5.41) is 8.21. The standard InChI is InChI=1S/C15H26BrN3/c1-4-8-17-13-7-5-6-12(9-13)15-14(16)10-18-19(15)11(2)3/h10-13,17H,4-9H2,1-3H3. The molecule has 1 N–H and O–H groups in total. The Morgan fingerprint density at radius 3 is 2.95 bits per heavy atom. The van der Waals surface area contributed by atoms with Crippen LogP contribution in [0.3, 0.4) is 0 Å². The highest BCUT2D eigenvalue weighted by molar-refractivity contribution is 9.10. The summed E-state index contributed by atoms with van der Waals surface area (Å²) in [4.78, 5) is 0. The van der Waals surface area contributed by atoms with Gasteiger partial charge in [-0.15, -0.1) is 0 Å². The van der Waals surface area contributed by atoms with Crippen molar-refractivity contribution in [3.05, 3.63) is 16.4 Å². The molecule has 0 saturated heterocycles. The highest BCUT2D eigenvalue weighted by atomic mass is 79.9. The number of rotatable bonds is 5. The Hall–Kier alpha value is -0.350. The van der Waals surface area contributed by atoms with Crippen LogP contribution < -0.4 is 5.32 Å². The van der Waals surface area contributed by atoms with Gasteiger partial charge < -0.3 is 5.32 Å². The smallest absolute Gasteiger partial charge is 0.0635 e. The summed E-state index contributed by atoms with van der Waals surface area (Å²) in [7, 11) is 0. The molecule has 1 aromatic rings. The van der Waals surface area contributed by atoms with E-state index >= 15 is 0 Å². The number of nitrogens with one attached hydrogen (secondary N) is 1. The van der Waals surface area contributed by atoms with Crippen LogP contribution in [0, 0.1) is 0 Å². The van der Waals surface area contributed by atoms with Crippen LogP contribution in [0.2, 0.25) is 0 Å². The van der Waals surface area contributed by atoms with Crippen molar-refractivity contribution in [3.63, 3.8) is 0 Å². The zero-order valence-corrected chi connectivity index (χ0v) is 13.9. The Morgan fingerprint density at radius 1 is 1.47 bits per heavy atom. The van der Waals surface area contributed by atoms with Gasteiger partial charge in [0.25, 0.3) is 0 Å². The lowest BCUT2D eigenvalue weighted by atomic mass is 9.83. The maximum atomic E-state index is 4.53. The second kappa shape index (κ2) is 6.89. The maximum absolute atomic E-state index is 4.53. The molecule has 1 saturated carbocycles. The average Bonchev–Trinajstić information content (AvgIpc) is 2.79. The van der Waals surface area contributed by atoms with E-state index in [9.17, 15) is 0 Å². The molecular weight excluding hydrogens is 302 g/mol. The molecule has 0 spiro atoms. The van der Waals surface area contributed by atoms with Crippen molar-refractivity contribution in [2.75, 3.05) is 6.54 Å². The molecule has 2 unspecified atom stereocenters. The molecule has 108 valence electrons. The van der Waals surface area contributed by atoms with E-state index in [2.05, 4.69) is 51.8 Å². The molecule has 0 amide bonds. The van der Waals surface area contributed by atoms with Gasteiger partial charge in [-0.1, -0.05) is 13.3 Å². The minimum atomic E-state index is 0.435. The predicted octanol–water partition coefficient (Wildman–Crippen LogP) is 4.25. The van der Waals surface area contributed by atoms with Gasteiger partial charge in [-0.3, -0.25) is 4.68 Å². The average molecular weight is 328 g/mol. The first-order chi connectivity index (χ1) is 9.13. The van der Waals surface area contributed by atoms with E-state index in [0.29, 0.717) is 18.0 Å². The number of hydrogen-bond acceptors (Lipinski definition) is 2. The van der Waals surface area contributed by atoms with Crippen molar-refractivity contribution in [1.82, 2.24) is 15.1 Å². The fourth-order valence-corrected chi connectivity index (χ4v) is 3.71. The summed E-state index contributed by atoms with van der Waals surface area (Å²) in [5.41, 5.74) is 1.40. The van der Waals surface area contributed by atoms with Gasteiger partial charge in [0.15, 0.2) is 0 Å². The van der Waals surface area contributed by atoms with Crippen LogP contribution in [0.1, 0.15) is 70.5 Å². The second-order valence-electron chi connectivity index (χ2n) is 5.93. The molecule has 2 rings (SSSR count). The van der Waals surface area contributed by atoms with Crippen molar-refractivity contribution in [2.24, 2.45) is 0 Å². The first-order valence-corrected chi connectivity index (χ1v) is 8.39. The number of hydrogen-bond donors (Lipinski definition) is 1. The van der Waals surface area contributed by atoms with Gasteiger partial charge in [-0.25, -0.2) is 0 Å². The highest BCUT2D eigenvalue weighted by Crippen LogP contribution is 2.37. The van der Waals surface area contributed by atoms with Crippen LogP contribution in [-0.2, 0) is 0 Å². The molecule has 1 aromatic heterocycles. The van der Waals surface area contributed by atoms with Crippen LogP contribution in [0.15, 0.2) is 10.7 Å². The summed E-state index contributed by atoms with van der Waals surface area (Å²) in [6, 6.07) is 1.12. The summed E-state index contributed by atoms with van der Waals surface area (Å²) in [6.45, 7) is 7.79. The van der Waals surface area contributed by atoms with Crippen molar-refractivity contribution in [2.45, 2.75) is 70.9 Å². The van der Waals surface area contributed by atoms with E-state index in [-0.39, 0.29) is 0 Å². The maximum Gasteiger partial charge on any atom is 0.0635 e. The molecule has 1 aliphatic carbocycles. The quantitative estimate of drug-likeness (QED) is 0.875. The largest absolute Gasteiger partial charge is 0.314 e. The number of nitrogens with zero attached hydrogens (tertiary/aromatic N) is 2.